The number of urea groups is 1. The highest BCUT2D eigenvalue weighted by atomic mass is 19.1. The Morgan fingerprint density at radius 3 is 2.81 bits per heavy atom. The van der Waals surface area contributed by atoms with Gasteiger partial charge < -0.3 is 10.6 Å². The first-order valence-corrected chi connectivity index (χ1v) is 8.66. The number of hydrogen-bond acceptors (Lipinski definition) is 3. The summed E-state index contributed by atoms with van der Waals surface area (Å²) in [6.45, 7) is 6.99. The molecule has 8 heteroatoms. The number of anilines is 1. The maximum absolute atomic E-state index is 13.2. The molecule has 1 aromatic carbocycles. The van der Waals surface area contributed by atoms with E-state index in [1.807, 2.05) is 12.1 Å². The Labute approximate surface area is 157 Å². The van der Waals surface area contributed by atoms with Gasteiger partial charge in [-0.15, -0.1) is 0 Å². The van der Waals surface area contributed by atoms with Gasteiger partial charge >= 0.3 is 6.03 Å². The first kappa shape index (κ1) is 18.6. The largest absolute Gasteiger partial charge is 0.332 e. The summed E-state index contributed by atoms with van der Waals surface area (Å²) in [5, 5.41) is 16.9. The molecule has 0 bridgehead atoms. The van der Waals surface area contributed by atoms with E-state index in [-0.39, 0.29) is 17.3 Å². The average molecular weight is 370 g/mol. The third-order valence-electron chi connectivity index (χ3n) is 3.96. The van der Waals surface area contributed by atoms with Gasteiger partial charge in [-0.25, -0.2) is 9.18 Å². The molecule has 2 heterocycles. The molecule has 0 saturated heterocycles. The van der Waals surface area contributed by atoms with Gasteiger partial charge in [0, 0.05) is 11.6 Å². The molecule has 3 aromatic rings. The molecule has 2 aromatic heterocycles. The predicted molar refractivity (Wildman–Crippen MR) is 101 cm³/mol. The predicted octanol–water partition coefficient (Wildman–Crippen LogP) is 3.41. The summed E-state index contributed by atoms with van der Waals surface area (Å²) in [6.07, 6.45) is 3.24. The van der Waals surface area contributed by atoms with Crippen molar-refractivity contribution in [1.82, 2.24) is 25.3 Å². The van der Waals surface area contributed by atoms with Gasteiger partial charge in [0.05, 0.1) is 36.4 Å². The number of hydrogen-bond donors (Lipinski definition) is 3. The topological polar surface area (TPSA) is 87.6 Å². The zero-order valence-corrected chi connectivity index (χ0v) is 15.6. The van der Waals surface area contributed by atoms with E-state index in [0.29, 0.717) is 18.8 Å². The number of halogens is 1. The van der Waals surface area contributed by atoms with Crippen molar-refractivity contribution in [3.8, 4) is 0 Å². The standard InChI is InChI=1S/C19H23FN6O/c1-19(2,3)17-8-15(24-25-17)9-21-18(27)23-16-10-22-26(12-16)11-13-5-4-6-14(20)7-13/h4-8,10,12H,9,11H2,1-3H3,(H,24,25)(H2,21,23,27). The minimum atomic E-state index is -0.341. The van der Waals surface area contributed by atoms with Gasteiger partial charge in [0.15, 0.2) is 0 Å². The molecule has 27 heavy (non-hydrogen) atoms. The average Bonchev–Trinajstić information content (AvgIpc) is 3.22. The molecule has 142 valence electrons. The van der Waals surface area contributed by atoms with E-state index in [0.717, 1.165) is 17.0 Å². The number of aromatic amines is 1. The van der Waals surface area contributed by atoms with Crippen LogP contribution in [0.2, 0.25) is 0 Å². The zero-order chi connectivity index (χ0) is 19.4. The van der Waals surface area contributed by atoms with Crippen molar-refractivity contribution in [3.05, 3.63) is 65.5 Å². The van der Waals surface area contributed by atoms with Crippen LogP contribution in [0.4, 0.5) is 14.9 Å². The molecule has 7 nitrogen and oxygen atoms in total. The summed E-state index contributed by atoms with van der Waals surface area (Å²) in [6, 6.07) is 7.93. The lowest BCUT2D eigenvalue weighted by molar-refractivity contribution is 0.251. The summed E-state index contributed by atoms with van der Waals surface area (Å²) in [5.74, 6) is -0.286. The van der Waals surface area contributed by atoms with Crippen LogP contribution in [-0.4, -0.2) is 26.0 Å². The third kappa shape index (κ3) is 5.16. The first-order chi connectivity index (χ1) is 12.8. The number of nitrogens with one attached hydrogen (secondary N) is 3. The fourth-order valence-corrected chi connectivity index (χ4v) is 2.52. The van der Waals surface area contributed by atoms with E-state index in [1.54, 1.807) is 23.1 Å². The van der Waals surface area contributed by atoms with E-state index < -0.39 is 0 Å². The van der Waals surface area contributed by atoms with Crippen molar-refractivity contribution in [2.45, 2.75) is 39.3 Å². The van der Waals surface area contributed by atoms with Gasteiger partial charge in [0.25, 0.3) is 0 Å². The molecule has 0 radical (unpaired) electrons. The summed E-state index contributed by atoms with van der Waals surface area (Å²) in [4.78, 5) is 12.1. The van der Waals surface area contributed by atoms with Crippen molar-refractivity contribution in [2.24, 2.45) is 0 Å². The molecule has 0 aliphatic carbocycles. The third-order valence-corrected chi connectivity index (χ3v) is 3.96. The highest BCUT2D eigenvalue weighted by Gasteiger charge is 2.17. The quantitative estimate of drug-likeness (QED) is 0.643. The van der Waals surface area contributed by atoms with E-state index in [9.17, 15) is 9.18 Å². The lowest BCUT2D eigenvalue weighted by atomic mass is 9.92. The summed E-state index contributed by atoms with van der Waals surface area (Å²) >= 11 is 0. The minimum absolute atomic E-state index is 0.0484. The Kier molecular flexibility index (Phi) is 5.25. The maximum atomic E-state index is 13.2. The molecule has 0 saturated carbocycles. The fourth-order valence-electron chi connectivity index (χ4n) is 2.52. The van der Waals surface area contributed by atoms with Crippen LogP contribution in [0.15, 0.2) is 42.7 Å². The molecule has 2 amide bonds. The van der Waals surface area contributed by atoms with Gasteiger partial charge in [0.1, 0.15) is 5.82 Å². The van der Waals surface area contributed by atoms with Crippen LogP contribution in [0.3, 0.4) is 0 Å². The number of carbonyl (C=O) groups is 1. The highest BCUT2D eigenvalue weighted by molar-refractivity contribution is 5.88. The maximum Gasteiger partial charge on any atom is 0.319 e. The summed E-state index contributed by atoms with van der Waals surface area (Å²) in [7, 11) is 0. The van der Waals surface area contributed by atoms with Gasteiger partial charge in [-0.05, 0) is 23.8 Å². The molecule has 0 fully saturated rings. The van der Waals surface area contributed by atoms with Gasteiger partial charge in [-0.2, -0.15) is 10.2 Å². The number of nitrogens with zero attached hydrogens (tertiary/aromatic N) is 3. The molecule has 0 aliphatic heterocycles. The Balaban J connectivity index is 1.51. The van der Waals surface area contributed by atoms with Crippen molar-refractivity contribution >= 4 is 11.7 Å². The second kappa shape index (κ2) is 7.61. The lowest BCUT2D eigenvalue weighted by Gasteiger charge is -2.13. The van der Waals surface area contributed by atoms with Crippen molar-refractivity contribution in [1.29, 1.82) is 0 Å². The summed E-state index contributed by atoms with van der Waals surface area (Å²) in [5.41, 5.74) is 3.08. The van der Waals surface area contributed by atoms with E-state index in [1.165, 1.54) is 12.1 Å². The molecule has 3 rings (SSSR count). The molecule has 0 atom stereocenters. The zero-order valence-electron chi connectivity index (χ0n) is 15.6. The van der Waals surface area contributed by atoms with Crippen LogP contribution in [0.1, 0.15) is 37.7 Å². The number of benzene rings is 1. The SMILES string of the molecule is CC(C)(C)c1cc(CNC(=O)Nc2cnn(Cc3cccc(F)c3)c2)[nH]n1. The van der Waals surface area contributed by atoms with Crippen LogP contribution >= 0.6 is 0 Å². The smallest absolute Gasteiger partial charge is 0.319 e. The number of H-pyrrole nitrogens is 1. The Hall–Kier alpha value is -3.16. The molecule has 0 aliphatic rings. The number of rotatable bonds is 5. The number of carbonyl (C=O) groups excluding carboxylic acids is 1. The van der Waals surface area contributed by atoms with Gasteiger partial charge in [0.2, 0.25) is 0 Å². The molecular formula is C19H23FN6O. The fraction of sp³-hybridized carbons (Fsp3) is 0.316. The van der Waals surface area contributed by atoms with Crippen molar-refractivity contribution in [2.75, 3.05) is 5.32 Å². The second-order valence-corrected chi connectivity index (χ2v) is 7.39. The second-order valence-electron chi connectivity index (χ2n) is 7.39. The van der Waals surface area contributed by atoms with E-state index in [2.05, 4.69) is 46.7 Å². The van der Waals surface area contributed by atoms with Gasteiger partial charge in [-0.1, -0.05) is 32.9 Å². The highest BCUT2D eigenvalue weighted by Crippen LogP contribution is 2.20. The first-order valence-electron chi connectivity index (χ1n) is 8.66. The monoisotopic (exact) mass is 370 g/mol. The molecular weight excluding hydrogens is 347 g/mol. The van der Waals surface area contributed by atoms with Crippen LogP contribution in [0.25, 0.3) is 0 Å². The van der Waals surface area contributed by atoms with E-state index in [4.69, 9.17) is 0 Å². The van der Waals surface area contributed by atoms with Gasteiger partial charge in [-0.3, -0.25) is 9.78 Å². The van der Waals surface area contributed by atoms with Crippen LogP contribution in [0, 0.1) is 5.82 Å². The van der Waals surface area contributed by atoms with Crippen LogP contribution < -0.4 is 10.6 Å². The Morgan fingerprint density at radius 2 is 2.11 bits per heavy atom. The normalized spacial score (nSPS) is 11.4. The molecule has 0 spiro atoms. The Morgan fingerprint density at radius 1 is 1.30 bits per heavy atom. The van der Waals surface area contributed by atoms with Crippen LogP contribution in [-0.2, 0) is 18.5 Å². The van der Waals surface area contributed by atoms with E-state index >= 15 is 0 Å². The number of amides is 2. The van der Waals surface area contributed by atoms with Crippen molar-refractivity contribution in [3.63, 3.8) is 0 Å². The lowest BCUT2D eigenvalue weighted by Crippen LogP contribution is -2.28. The molecule has 3 N–H and O–H groups in total. The summed E-state index contributed by atoms with van der Waals surface area (Å²) < 4.78 is 14.9. The number of aromatic nitrogens is 4. The Bertz CT molecular complexity index is 924. The minimum Gasteiger partial charge on any atom is -0.332 e. The van der Waals surface area contributed by atoms with Crippen LogP contribution in [0.5, 0.6) is 0 Å². The van der Waals surface area contributed by atoms with Crippen molar-refractivity contribution < 1.29 is 9.18 Å². The molecule has 0 unspecified atom stereocenters.